The van der Waals surface area contributed by atoms with Crippen molar-refractivity contribution in [3.8, 4) is 5.88 Å². The quantitative estimate of drug-likeness (QED) is 0.816. The number of rotatable bonds is 3. The van der Waals surface area contributed by atoms with Gasteiger partial charge in [-0.15, -0.1) is 0 Å². The molecule has 1 saturated heterocycles. The lowest BCUT2D eigenvalue weighted by molar-refractivity contribution is -0.130. The van der Waals surface area contributed by atoms with Crippen molar-refractivity contribution in [3.63, 3.8) is 0 Å². The number of nitrogens with one attached hydrogen (secondary N) is 1. The van der Waals surface area contributed by atoms with Gasteiger partial charge in [-0.1, -0.05) is 0 Å². The molecule has 2 rings (SSSR count). The van der Waals surface area contributed by atoms with E-state index in [1.807, 2.05) is 11.8 Å². The van der Waals surface area contributed by atoms with Crippen LogP contribution < -0.4 is 15.0 Å². The summed E-state index contributed by atoms with van der Waals surface area (Å²) < 4.78 is 5.18. The summed E-state index contributed by atoms with van der Waals surface area (Å²) >= 11 is 0. The van der Waals surface area contributed by atoms with Crippen molar-refractivity contribution in [1.29, 1.82) is 0 Å². The van der Waals surface area contributed by atoms with Crippen LogP contribution >= 0.6 is 0 Å². The summed E-state index contributed by atoms with van der Waals surface area (Å²) in [6, 6.07) is 1.49. The summed E-state index contributed by atoms with van der Waals surface area (Å²) in [5.74, 6) is 1.10. The van der Waals surface area contributed by atoms with Crippen molar-refractivity contribution in [1.82, 2.24) is 20.2 Å². The summed E-state index contributed by atoms with van der Waals surface area (Å²) in [6.07, 6.45) is 0. The van der Waals surface area contributed by atoms with Gasteiger partial charge in [0.2, 0.25) is 17.7 Å². The third-order valence-corrected chi connectivity index (χ3v) is 3.25. The monoisotopic (exact) mass is 279 g/mol. The van der Waals surface area contributed by atoms with Crippen molar-refractivity contribution in [2.24, 2.45) is 0 Å². The van der Waals surface area contributed by atoms with Crippen LogP contribution in [0.15, 0.2) is 6.07 Å². The summed E-state index contributed by atoms with van der Waals surface area (Å²) in [5.41, 5.74) is 0.821. The van der Waals surface area contributed by atoms with Crippen molar-refractivity contribution in [3.05, 3.63) is 11.8 Å². The summed E-state index contributed by atoms with van der Waals surface area (Å²) in [6.45, 7) is 3.98. The minimum absolute atomic E-state index is 0.0428. The maximum absolute atomic E-state index is 12.3. The molecule has 0 aromatic carbocycles. The van der Waals surface area contributed by atoms with Crippen molar-refractivity contribution >= 4 is 11.9 Å². The molecule has 1 amide bonds. The molecule has 1 N–H and O–H groups in total. The third-order valence-electron chi connectivity index (χ3n) is 3.25. The highest BCUT2D eigenvalue weighted by Gasteiger charge is 2.31. The molecule has 1 unspecified atom stereocenters. The minimum atomic E-state index is -0.287. The van der Waals surface area contributed by atoms with Crippen LogP contribution in [0.1, 0.15) is 5.69 Å². The molecule has 1 aromatic rings. The number of anilines is 1. The number of amides is 1. The van der Waals surface area contributed by atoms with Gasteiger partial charge in [0, 0.05) is 45.5 Å². The standard InChI is InChI=1S/C13H21N5O2/c1-9-7-11(20-4)16-13(15-9)18-6-5-14-8-10(18)12(19)17(2)3/h7,10,14H,5-6,8H2,1-4H3. The second-order valence-corrected chi connectivity index (χ2v) is 5.00. The average Bonchev–Trinajstić information content (AvgIpc) is 2.45. The van der Waals surface area contributed by atoms with Crippen molar-refractivity contribution in [2.75, 3.05) is 45.7 Å². The molecular formula is C13H21N5O2. The fraction of sp³-hybridized carbons (Fsp3) is 0.615. The lowest BCUT2D eigenvalue weighted by Crippen LogP contribution is -2.58. The topological polar surface area (TPSA) is 70.6 Å². The Balaban J connectivity index is 2.32. The molecule has 0 aliphatic carbocycles. The molecule has 0 spiro atoms. The first-order valence-corrected chi connectivity index (χ1v) is 6.61. The number of piperazine rings is 1. The SMILES string of the molecule is COc1cc(C)nc(N2CCNCC2C(=O)N(C)C)n1. The van der Waals surface area contributed by atoms with Gasteiger partial charge in [0.1, 0.15) is 6.04 Å². The van der Waals surface area contributed by atoms with Gasteiger partial charge < -0.3 is 19.9 Å². The molecule has 0 saturated carbocycles. The number of methoxy groups -OCH3 is 1. The van der Waals surface area contributed by atoms with E-state index < -0.39 is 0 Å². The van der Waals surface area contributed by atoms with E-state index in [0.717, 1.165) is 12.2 Å². The Kier molecular flexibility index (Phi) is 4.39. The van der Waals surface area contributed by atoms with Crippen molar-refractivity contribution < 1.29 is 9.53 Å². The van der Waals surface area contributed by atoms with Crippen LogP contribution in [0, 0.1) is 6.92 Å². The van der Waals surface area contributed by atoms with E-state index in [0.29, 0.717) is 24.9 Å². The predicted molar refractivity (Wildman–Crippen MR) is 76.0 cm³/mol. The van der Waals surface area contributed by atoms with Gasteiger partial charge in [-0.3, -0.25) is 4.79 Å². The summed E-state index contributed by atoms with van der Waals surface area (Å²) in [4.78, 5) is 24.6. The first-order valence-electron chi connectivity index (χ1n) is 6.61. The normalized spacial score (nSPS) is 18.8. The number of aryl methyl sites for hydroxylation is 1. The van der Waals surface area contributed by atoms with Crippen LogP contribution in [-0.2, 0) is 4.79 Å². The van der Waals surface area contributed by atoms with E-state index in [1.165, 1.54) is 0 Å². The second kappa shape index (κ2) is 6.04. The molecule has 1 aliphatic heterocycles. The summed E-state index contributed by atoms with van der Waals surface area (Å²) in [5, 5.41) is 3.24. The fourth-order valence-electron chi connectivity index (χ4n) is 2.22. The van der Waals surface area contributed by atoms with Crippen LogP contribution in [-0.4, -0.2) is 67.7 Å². The maximum atomic E-state index is 12.3. The van der Waals surface area contributed by atoms with Gasteiger partial charge >= 0.3 is 0 Å². The fourth-order valence-corrected chi connectivity index (χ4v) is 2.22. The molecule has 1 fully saturated rings. The van der Waals surface area contributed by atoms with E-state index in [4.69, 9.17) is 4.74 Å². The van der Waals surface area contributed by atoms with E-state index in [-0.39, 0.29) is 11.9 Å². The number of carbonyl (C=O) groups excluding carboxylic acids is 1. The molecular weight excluding hydrogens is 258 g/mol. The highest BCUT2D eigenvalue weighted by atomic mass is 16.5. The molecule has 1 aliphatic rings. The Hall–Kier alpha value is -1.89. The lowest BCUT2D eigenvalue weighted by Gasteiger charge is -2.36. The maximum Gasteiger partial charge on any atom is 0.246 e. The zero-order chi connectivity index (χ0) is 14.7. The number of likely N-dealkylation sites (N-methyl/N-ethyl adjacent to an activating group) is 1. The molecule has 1 atom stereocenters. The zero-order valence-corrected chi connectivity index (χ0v) is 12.4. The Morgan fingerprint density at radius 2 is 2.25 bits per heavy atom. The Labute approximate surface area is 118 Å². The van der Waals surface area contributed by atoms with Gasteiger partial charge in [-0.05, 0) is 6.92 Å². The third kappa shape index (κ3) is 2.98. The number of nitrogens with zero attached hydrogens (tertiary/aromatic N) is 4. The second-order valence-electron chi connectivity index (χ2n) is 5.00. The van der Waals surface area contributed by atoms with E-state index in [9.17, 15) is 4.79 Å². The Morgan fingerprint density at radius 1 is 1.50 bits per heavy atom. The van der Waals surface area contributed by atoms with Crippen LogP contribution in [0.4, 0.5) is 5.95 Å². The Bertz CT molecular complexity index is 492. The van der Waals surface area contributed by atoms with Gasteiger partial charge in [0.25, 0.3) is 0 Å². The molecule has 7 nitrogen and oxygen atoms in total. The highest BCUT2D eigenvalue weighted by molar-refractivity contribution is 5.85. The number of ether oxygens (including phenoxy) is 1. The molecule has 1 aromatic heterocycles. The zero-order valence-electron chi connectivity index (χ0n) is 12.4. The first-order chi connectivity index (χ1) is 9.52. The van der Waals surface area contributed by atoms with Crippen LogP contribution in [0.25, 0.3) is 0 Å². The first kappa shape index (κ1) is 14.5. The number of hydrogen-bond acceptors (Lipinski definition) is 6. The lowest BCUT2D eigenvalue weighted by atomic mass is 10.2. The van der Waals surface area contributed by atoms with Gasteiger partial charge in [0.05, 0.1) is 7.11 Å². The summed E-state index contributed by atoms with van der Waals surface area (Å²) in [7, 11) is 5.09. The van der Waals surface area contributed by atoms with Crippen LogP contribution in [0.5, 0.6) is 5.88 Å². The predicted octanol–water partition coefficient (Wildman–Crippen LogP) is -0.340. The van der Waals surface area contributed by atoms with Gasteiger partial charge in [-0.25, -0.2) is 4.98 Å². The molecule has 7 heteroatoms. The molecule has 20 heavy (non-hydrogen) atoms. The van der Waals surface area contributed by atoms with E-state index in [2.05, 4.69) is 15.3 Å². The number of hydrogen-bond donors (Lipinski definition) is 1. The molecule has 110 valence electrons. The van der Waals surface area contributed by atoms with Gasteiger partial charge in [0.15, 0.2) is 0 Å². The highest BCUT2D eigenvalue weighted by Crippen LogP contribution is 2.19. The van der Waals surface area contributed by atoms with Crippen LogP contribution in [0.2, 0.25) is 0 Å². The minimum Gasteiger partial charge on any atom is -0.481 e. The van der Waals surface area contributed by atoms with Crippen LogP contribution in [0.3, 0.4) is 0 Å². The Morgan fingerprint density at radius 3 is 2.90 bits per heavy atom. The molecule has 0 bridgehead atoms. The largest absolute Gasteiger partial charge is 0.481 e. The number of carbonyl (C=O) groups is 1. The average molecular weight is 279 g/mol. The molecule has 2 heterocycles. The molecule has 0 radical (unpaired) electrons. The number of aromatic nitrogens is 2. The van der Waals surface area contributed by atoms with Crippen molar-refractivity contribution in [2.45, 2.75) is 13.0 Å². The van der Waals surface area contributed by atoms with E-state index >= 15 is 0 Å². The smallest absolute Gasteiger partial charge is 0.246 e. The van der Waals surface area contributed by atoms with Gasteiger partial charge in [-0.2, -0.15) is 4.98 Å². The van der Waals surface area contributed by atoms with E-state index in [1.54, 1.807) is 32.2 Å².